The van der Waals surface area contributed by atoms with Crippen LogP contribution in [0.25, 0.3) is 0 Å². The number of rotatable bonds is 8. The first-order valence-electron chi connectivity index (χ1n) is 7.03. The molecule has 0 aliphatic rings. The third-order valence-electron chi connectivity index (χ3n) is 3.75. The third-order valence-corrected chi connectivity index (χ3v) is 6.10. The molecule has 1 aromatic carbocycles. The lowest BCUT2D eigenvalue weighted by molar-refractivity contribution is 0.257. The molecule has 0 atom stereocenters. The Morgan fingerprint density at radius 1 is 1.24 bits per heavy atom. The SMILES string of the molecule is CCC(C)(C)N(C)S(=O)(=O)c1ccc(OCCCCl)cc1. The van der Waals surface area contributed by atoms with Crippen LogP contribution < -0.4 is 4.74 Å². The summed E-state index contributed by atoms with van der Waals surface area (Å²) in [6.07, 6.45) is 1.50. The first-order valence-corrected chi connectivity index (χ1v) is 9.01. The molecule has 0 radical (unpaired) electrons. The van der Waals surface area contributed by atoms with Gasteiger partial charge >= 0.3 is 0 Å². The standard InChI is InChI=1S/C15H24ClNO3S/c1-5-15(2,3)17(4)21(18,19)14-9-7-13(8-10-14)20-12-6-11-16/h7-10H,5-6,11-12H2,1-4H3. The molecule has 0 unspecified atom stereocenters. The first-order chi connectivity index (χ1) is 9.75. The minimum atomic E-state index is -3.49. The topological polar surface area (TPSA) is 46.6 Å². The number of alkyl halides is 1. The highest BCUT2D eigenvalue weighted by Gasteiger charge is 2.32. The number of ether oxygens (including phenoxy) is 1. The van der Waals surface area contributed by atoms with Crippen molar-refractivity contribution in [3.63, 3.8) is 0 Å². The van der Waals surface area contributed by atoms with Crippen LogP contribution in [0.5, 0.6) is 5.75 Å². The van der Waals surface area contributed by atoms with Gasteiger partial charge in [0.15, 0.2) is 0 Å². The quantitative estimate of drug-likeness (QED) is 0.540. The summed E-state index contributed by atoms with van der Waals surface area (Å²) in [4.78, 5) is 0.274. The summed E-state index contributed by atoms with van der Waals surface area (Å²) >= 11 is 5.58. The third kappa shape index (κ3) is 4.59. The van der Waals surface area contributed by atoms with Crippen LogP contribution in [0.1, 0.15) is 33.6 Å². The van der Waals surface area contributed by atoms with Crippen molar-refractivity contribution in [2.24, 2.45) is 0 Å². The van der Waals surface area contributed by atoms with Gasteiger partial charge in [-0.1, -0.05) is 6.92 Å². The average Bonchev–Trinajstić information content (AvgIpc) is 2.47. The van der Waals surface area contributed by atoms with Gasteiger partial charge in [0.2, 0.25) is 10.0 Å². The van der Waals surface area contributed by atoms with Crippen LogP contribution in [0.15, 0.2) is 29.2 Å². The Morgan fingerprint density at radius 2 is 1.81 bits per heavy atom. The second kappa shape index (κ2) is 7.47. The van der Waals surface area contributed by atoms with Crippen LogP contribution in [0, 0.1) is 0 Å². The van der Waals surface area contributed by atoms with E-state index >= 15 is 0 Å². The second-order valence-corrected chi connectivity index (χ2v) is 7.85. The van der Waals surface area contributed by atoms with Gasteiger partial charge in [0.05, 0.1) is 11.5 Å². The molecule has 6 heteroatoms. The Morgan fingerprint density at radius 3 is 2.29 bits per heavy atom. The highest BCUT2D eigenvalue weighted by Crippen LogP contribution is 2.26. The molecule has 1 aromatic rings. The van der Waals surface area contributed by atoms with Crippen molar-refractivity contribution in [1.82, 2.24) is 4.31 Å². The van der Waals surface area contributed by atoms with Crippen molar-refractivity contribution in [1.29, 1.82) is 0 Å². The second-order valence-electron chi connectivity index (χ2n) is 5.50. The smallest absolute Gasteiger partial charge is 0.243 e. The number of benzene rings is 1. The molecular weight excluding hydrogens is 310 g/mol. The van der Waals surface area contributed by atoms with Gasteiger partial charge in [-0.3, -0.25) is 0 Å². The fourth-order valence-electron chi connectivity index (χ4n) is 1.66. The van der Waals surface area contributed by atoms with Gasteiger partial charge in [-0.05, 0) is 51.0 Å². The van der Waals surface area contributed by atoms with Crippen molar-refractivity contribution in [3.8, 4) is 5.75 Å². The van der Waals surface area contributed by atoms with Gasteiger partial charge in [-0.2, -0.15) is 4.31 Å². The fourth-order valence-corrected chi connectivity index (χ4v) is 3.34. The van der Waals surface area contributed by atoms with Gasteiger partial charge in [0, 0.05) is 18.5 Å². The minimum Gasteiger partial charge on any atom is -0.494 e. The van der Waals surface area contributed by atoms with E-state index in [4.69, 9.17) is 16.3 Å². The highest BCUT2D eigenvalue weighted by molar-refractivity contribution is 7.89. The maximum absolute atomic E-state index is 12.6. The van der Waals surface area contributed by atoms with Crippen LogP contribution in [0.4, 0.5) is 0 Å². The molecule has 0 bridgehead atoms. The maximum Gasteiger partial charge on any atom is 0.243 e. The molecule has 0 spiro atoms. The van der Waals surface area contributed by atoms with E-state index in [-0.39, 0.29) is 4.90 Å². The molecule has 0 fully saturated rings. The van der Waals surface area contributed by atoms with E-state index in [1.54, 1.807) is 31.3 Å². The van der Waals surface area contributed by atoms with Crippen molar-refractivity contribution >= 4 is 21.6 Å². The zero-order valence-corrected chi connectivity index (χ0v) is 14.7. The molecular formula is C15H24ClNO3S. The first kappa shape index (κ1) is 18.3. The van der Waals surface area contributed by atoms with Crippen molar-refractivity contribution in [2.75, 3.05) is 19.5 Å². The maximum atomic E-state index is 12.6. The molecule has 21 heavy (non-hydrogen) atoms. The van der Waals surface area contributed by atoms with E-state index in [0.717, 1.165) is 12.8 Å². The summed E-state index contributed by atoms with van der Waals surface area (Å²) < 4.78 is 32.0. The molecule has 0 aromatic heterocycles. The van der Waals surface area contributed by atoms with Crippen molar-refractivity contribution < 1.29 is 13.2 Å². The molecule has 0 amide bonds. The zero-order chi connectivity index (χ0) is 16.1. The van der Waals surface area contributed by atoms with E-state index < -0.39 is 15.6 Å². The van der Waals surface area contributed by atoms with Crippen molar-refractivity contribution in [3.05, 3.63) is 24.3 Å². The molecule has 0 aliphatic carbocycles. The van der Waals surface area contributed by atoms with Gasteiger partial charge in [0.1, 0.15) is 5.75 Å². The van der Waals surface area contributed by atoms with Gasteiger partial charge in [0.25, 0.3) is 0 Å². The van der Waals surface area contributed by atoms with Crippen LogP contribution in [0.2, 0.25) is 0 Å². The molecule has 120 valence electrons. The summed E-state index contributed by atoms with van der Waals surface area (Å²) in [6, 6.07) is 6.50. The fraction of sp³-hybridized carbons (Fsp3) is 0.600. The number of hydrogen-bond donors (Lipinski definition) is 0. The number of nitrogens with zero attached hydrogens (tertiary/aromatic N) is 1. The van der Waals surface area contributed by atoms with E-state index in [9.17, 15) is 8.42 Å². The van der Waals surface area contributed by atoms with Gasteiger partial charge < -0.3 is 4.74 Å². The molecule has 0 heterocycles. The Hall–Kier alpha value is -0.780. The number of sulfonamides is 1. The molecule has 0 saturated carbocycles. The summed E-state index contributed by atoms with van der Waals surface area (Å²) in [5.41, 5.74) is -0.422. The number of hydrogen-bond acceptors (Lipinski definition) is 3. The largest absolute Gasteiger partial charge is 0.494 e. The summed E-state index contributed by atoms with van der Waals surface area (Å²) in [7, 11) is -1.88. The van der Waals surface area contributed by atoms with E-state index in [1.807, 2.05) is 20.8 Å². The predicted molar refractivity (Wildman–Crippen MR) is 86.6 cm³/mol. The van der Waals surface area contributed by atoms with Crippen LogP contribution in [0.3, 0.4) is 0 Å². The van der Waals surface area contributed by atoms with E-state index in [2.05, 4.69) is 0 Å². The predicted octanol–water partition coefficient (Wildman–Crippen LogP) is 3.50. The zero-order valence-electron chi connectivity index (χ0n) is 13.1. The Kier molecular flexibility index (Phi) is 6.50. The Balaban J connectivity index is 2.90. The lowest BCUT2D eigenvalue weighted by Gasteiger charge is -2.33. The van der Waals surface area contributed by atoms with Crippen LogP contribution >= 0.6 is 11.6 Å². The van der Waals surface area contributed by atoms with Crippen LogP contribution in [-0.4, -0.2) is 37.8 Å². The summed E-state index contributed by atoms with van der Waals surface area (Å²) in [5, 5.41) is 0. The van der Waals surface area contributed by atoms with Crippen molar-refractivity contribution in [2.45, 2.75) is 44.0 Å². The minimum absolute atomic E-state index is 0.274. The van der Waals surface area contributed by atoms with Gasteiger partial charge in [-0.25, -0.2) is 8.42 Å². The van der Waals surface area contributed by atoms with Gasteiger partial charge in [-0.15, -0.1) is 11.6 Å². The molecule has 4 nitrogen and oxygen atoms in total. The summed E-state index contributed by atoms with van der Waals surface area (Å²) in [6.45, 7) is 6.32. The lowest BCUT2D eigenvalue weighted by atomic mass is 10.0. The van der Waals surface area contributed by atoms with Crippen LogP contribution in [-0.2, 0) is 10.0 Å². The molecule has 0 aliphatic heterocycles. The molecule has 1 rings (SSSR count). The molecule has 0 saturated heterocycles. The monoisotopic (exact) mass is 333 g/mol. The van der Waals surface area contributed by atoms with E-state index in [0.29, 0.717) is 18.2 Å². The Labute approximate surface area is 133 Å². The lowest BCUT2D eigenvalue weighted by Crippen LogP contribution is -2.44. The Bertz CT molecular complexity index is 541. The highest BCUT2D eigenvalue weighted by atomic mass is 35.5. The number of halogens is 1. The van der Waals surface area contributed by atoms with E-state index in [1.165, 1.54) is 4.31 Å². The summed E-state index contributed by atoms with van der Waals surface area (Å²) in [5.74, 6) is 1.19. The average molecular weight is 334 g/mol. The normalized spacial score (nSPS) is 12.7. The molecule has 0 N–H and O–H groups in total.